The van der Waals surface area contributed by atoms with Crippen LogP contribution >= 0.6 is 28.3 Å². The first-order valence-corrected chi connectivity index (χ1v) is 7.32. The van der Waals surface area contributed by atoms with Crippen molar-refractivity contribution < 1.29 is 4.79 Å². The van der Waals surface area contributed by atoms with Crippen molar-refractivity contribution in [3.05, 3.63) is 34.3 Å². The highest BCUT2D eigenvalue weighted by atomic mass is 79.9. The number of carbonyl (C=O) groups is 1. The van der Waals surface area contributed by atoms with Crippen molar-refractivity contribution in [3.8, 4) is 0 Å². The van der Waals surface area contributed by atoms with E-state index in [1.54, 1.807) is 0 Å². The van der Waals surface area contributed by atoms with E-state index in [9.17, 15) is 4.79 Å². The molecule has 0 aromatic heterocycles. The first kappa shape index (κ1) is 19.4. The van der Waals surface area contributed by atoms with E-state index >= 15 is 0 Å². The molecule has 1 aromatic carbocycles. The zero-order valence-electron chi connectivity index (χ0n) is 12.4. The van der Waals surface area contributed by atoms with Crippen LogP contribution in [-0.4, -0.2) is 18.5 Å². The van der Waals surface area contributed by atoms with Gasteiger partial charge in [0.2, 0.25) is 5.91 Å². The van der Waals surface area contributed by atoms with Gasteiger partial charge in [0, 0.05) is 28.4 Å². The summed E-state index contributed by atoms with van der Waals surface area (Å²) in [7, 11) is 0. The van der Waals surface area contributed by atoms with E-state index in [1.165, 1.54) is 5.56 Å². The van der Waals surface area contributed by atoms with Crippen molar-refractivity contribution in [1.82, 2.24) is 5.32 Å². The van der Waals surface area contributed by atoms with Crippen LogP contribution in [0.15, 0.2) is 28.7 Å². The Kier molecular flexibility index (Phi) is 7.78. The fourth-order valence-electron chi connectivity index (χ4n) is 1.72. The molecule has 20 heavy (non-hydrogen) atoms. The van der Waals surface area contributed by atoms with E-state index in [0.717, 1.165) is 4.47 Å². The lowest BCUT2D eigenvalue weighted by Gasteiger charge is -2.27. The number of hydrogen-bond acceptors (Lipinski definition) is 2. The number of rotatable bonds is 5. The van der Waals surface area contributed by atoms with Crippen LogP contribution in [0.4, 0.5) is 0 Å². The topological polar surface area (TPSA) is 55.1 Å². The maximum atomic E-state index is 11.9. The summed E-state index contributed by atoms with van der Waals surface area (Å²) in [5, 5.41) is 2.99. The highest BCUT2D eigenvalue weighted by Crippen LogP contribution is 2.25. The maximum Gasteiger partial charge on any atom is 0.224 e. The third-order valence-corrected chi connectivity index (χ3v) is 4.01. The van der Waals surface area contributed by atoms with Gasteiger partial charge in [-0.2, -0.15) is 0 Å². The second-order valence-corrected chi connectivity index (χ2v) is 6.68. The molecule has 0 aliphatic heterocycles. The number of hydrogen-bond donors (Lipinski definition) is 2. The van der Waals surface area contributed by atoms with E-state index in [-0.39, 0.29) is 35.7 Å². The zero-order chi connectivity index (χ0) is 14.6. The van der Waals surface area contributed by atoms with Crippen molar-refractivity contribution in [2.45, 2.75) is 39.2 Å². The molecule has 5 heteroatoms. The van der Waals surface area contributed by atoms with Gasteiger partial charge in [-0.25, -0.2) is 0 Å². The van der Waals surface area contributed by atoms with Crippen LogP contribution in [0.25, 0.3) is 0 Å². The molecule has 1 aromatic rings. The number of nitrogens with two attached hydrogens (primary N) is 1. The normalized spacial score (nSPS) is 14.1. The van der Waals surface area contributed by atoms with Crippen molar-refractivity contribution in [1.29, 1.82) is 0 Å². The summed E-state index contributed by atoms with van der Waals surface area (Å²) in [5.41, 5.74) is 6.82. The molecule has 0 aliphatic rings. The predicted molar refractivity (Wildman–Crippen MR) is 90.2 cm³/mol. The number of nitrogens with one attached hydrogen (secondary N) is 1. The molecule has 0 saturated heterocycles. The van der Waals surface area contributed by atoms with Crippen molar-refractivity contribution in [2.24, 2.45) is 11.7 Å². The number of carbonyl (C=O) groups excluding carboxylic acids is 1. The lowest BCUT2D eigenvalue weighted by molar-refractivity contribution is -0.125. The SMILES string of the molecule is CC(N)C(C)C(=O)NCC(C)(C)c1cccc(Br)c1.Cl. The van der Waals surface area contributed by atoms with Gasteiger partial charge in [0.25, 0.3) is 0 Å². The highest BCUT2D eigenvalue weighted by molar-refractivity contribution is 9.10. The molecule has 3 nitrogen and oxygen atoms in total. The van der Waals surface area contributed by atoms with Crippen LogP contribution in [0.3, 0.4) is 0 Å². The summed E-state index contributed by atoms with van der Waals surface area (Å²) in [4.78, 5) is 11.9. The molecule has 0 bridgehead atoms. The minimum Gasteiger partial charge on any atom is -0.355 e. The molecule has 0 saturated carbocycles. The van der Waals surface area contributed by atoms with E-state index < -0.39 is 0 Å². The highest BCUT2D eigenvalue weighted by Gasteiger charge is 2.24. The first-order valence-electron chi connectivity index (χ1n) is 6.53. The second-order valence-electron chi connectivity index (χ2n) is 5.76. The first-order chi connectivity index (χ1) is 8.74. The molecule has 0 radical (unpaired) electrons. The predicted octanol–water partition coefficient (Wildman–Crippen LogP) is 3.25. The number of amides is 1. The second kappa shape index (κ2) is 8.01. The molecule has 0 spiro atoms. The molecular formula is C15H24BrClN2O. The van der Waals surface area contributed by atoms with E-state index in [1.807, 2.05) is 26.0 Å². The molecule has 2 atom stereocenters. The van der Waals surface area contributed by atoms with E-state index in [2.05, 4.69) is 47.2 Å². The Morgan fingerprint density at radius 1 is 1.40 bits per heavy atom. The van der Waals surface area contributed by atoms with Crippen LogP contribution in [0, 0.1) is 5.92 Å². The molecule has 114 valence electrons. The van der Waals surface area contributed by atoms with Gasteiger partial charge in [0.05, 0.1) is 0 Å². The van der Waals surface area contributed by atoms with Crippen LogP contribution < -0.4 is 11.1 Å². The summed E-state index contributed by atoms with van der Waals surface area (Å²) in [6.07, 6.45) is 0. The monoisotopic (exact) mass is 362 g/mol. The molecule has 1 rings (SSSR count). The maximum absolute atomic E-state index is 11.9. The Hall–Kier alpha value is -0.580. The van der Waals surface area contributed by atoms with Gasteiger partial charge in [-0.05, 0) is 24.6 Å². The molecule has 2 unspecified atom stereocenters. The van der Waals surface area contributed by atoms with Gasteiger partial charge in [-0.15, -0.1) is 12.4 Å². The van der Waals surface area contributed by atoms with E-state index in [4.69, 9.17) is 5.73 Å². The van der Waals surface area contributed by atoms with Crippen molar-refractivity contribution in [3.63, 3.8) is 0 Å². The summed E-state index contributed by atoms with van der Waals surface area (Å²) in [6, 6.07) is 8.03. The molecule has 0 aliphatic carbocycles. The van der Waals surface area contributed by atoms with Gasteiger partial charge < -0.3 is 11.1 Å². The van der Waals surface area contributed by atoms with Crippen LogP contribution in [0.2, 0.25) is 0 Å². The van der Waals surface area contributed by atoms with Gasteiger partial charge in [0.15, 0.2) is 0 Å². The Morgan fingerprint density at radius 3 is 2.50 bits per heavy atom. The van der Waals surface area contributed by atoms with Crippen molar-refractivity contribution in [2.75, 3.05) is 6.54 Å². The van der Waals surface area contributed by atoms with Gasteiger partial charge in [0.1, 0.15) is 0 Å². The summed E-state index contributed by atoms with van der Waals surface area (Å²) < 4.78 is 1.05. The molecule has 3 N–H and O–H groups in total. The van der Waals surface area contributed by atoms with E-state index in [0.29, 0.717) is 6.54 Å². The number of halogens is 2. The fraction of sp³-hybridized carbons (Fsp3) is 0.533. The zero-order valence-corrected chi connectivity index (χ0v) is 14.8. The molecule has 1 amide bonds. The lowest BCUT2D eigenvalue weighted by Crippen LogP contribution is -2.43. The van der Waals surface area contributed by atoms with Crippen LogP contribution in [0.1, 0.15) is 33.3 Å². The summed E-state index contributed by atoms with van der Waals surface area (Å²) in [5.74, 6) is -0.156. The largest absolute Gasteiger partial charge is 0.355 e. The van der Waals surface area contributed by atoms with Crippen LogP contribution in [-0.2, 0) is 10.2 Å². The quantitative estimate of drug-likeness (QED) is 0.843. The van der Waals surface area contributed by atoms with Crippen LogP contribution in [0.5, 0.6) is 0 Å². The third-order valence-electron chi connectivity index (χ3n) is 3.51. The third kappa shape index (κ3) is 5.43. The Balaban J connectivity index is 0.00000361. The summed E-state index contributed by atoms with van der Waals surface area (Å²) >= 11 is 3.47. The molecular weight excluding hydrogens is 340 g/mol. The Labute approximate surface area is 136 Å². The minimum atomic E-state index is -0.168. The minimum absolute atomic E-state index is 0. The average Bonchev–Trinajstić information content (AvgIpc) is 2.35. The van der Waals surface area contributed by atoms with Gasteiger partial charge in [-0.3, -0.25) is 4.79 Å². The van der Waals surface area contributed by atoms with Gasteiger partial charge in [-0.1, -0.05) is 48.8 Å². The molecule has 0 heterocycles. The lowest BCUT2D eigenvalue weighted by atomic mass is 9.84. The smallest absolute Gasteiger partial charge is 0.224 e. The molecule has 0 fully saturated rings. The Morgan fingerprint density at radius 2 is 2.00 bits per heavy atom. The Bertz CT molecular complexity index is 449. The van der Waals surface area contributed by atoms with Crippen molar-refractivity contribution >= 4 is 34.2 Å². The average molecular weight is 364 g/mol. The number of benzene rings is 1. The van der Waals surface area contributed by atoms with Gasteiger partial charge >= 0.3 is 0 Å². The fourth-order valence-corrected chi connectivity index (χ4v) is 2.12. The standard InChI is InChI=1S/C15H23BrN2O.ClH/c1-10(11(2)17)14(19)18-9-15(3,4)12-6-5-7-13(16)8-12;/h5-8,10-11H,9,17H2,1-4H3,(H,18,19);1H. The summed E-state index contributed by atoms with van der Waals surface area (Å²) in [6.45, 7) is 8.53.